The molecule has 0 aliphatic rings. The number of aromatic nitrogens is 2. The van der Waals surface area contributed by atoms with Crippen LogP contribution in [0.4, 0.5) is 13.2 Å². The number of benzene rings is 2. The summed E-state index contributed by atoms with van der Waals surface area (Å²) < 4.78 is 47.2. The number of hydrogen-bond donors (Lipinski definition) is 0. The van der Waals surface area contributed by atoms with Crippen molar-refractivity contribution >= 4 is 17.5 Å². The highest BCUT2D eigenvalue weighted by Crippen LogP contribution is 2.34. The molecule has 0 fully saturated rings. The van der Waals surface area contributed by atoms with Crippen LogP contribution in [0.15, 0.2) is 54.7 Å². The number of rotatable bonds is 6. The van der Waals surface area contributed by atoms with Crippen LogP contribution >= 0.6 is 11.6 Å². The summed E-state index contributed by atoms with van der Waals surface area (Å²) in [4.78, 5) is 14.0. The zero-order valence-electron chi connectivity index (χ0n) is 16.3. The highest BCUT2D eigenvalue weighted by Gasteiger charge is 2.41. The van der Waals surface area contributed by atoms with Gasteiger partial charge in [-0.2, -0.15) is 18.3 Å². The van der Waals surface area contributed by atoms with Crippen molar-refractivity contribution in [2.75, 3.05) is 20.7 Å². The number of amides is 1. The molecule has 3 aromatic rings. The first-order valence-electron chi connectivity index (χ1n) is 9.00. The molecule has 5 nitrogen and oxygen atoms in total. The summed E-state index contributed by atoms with van der Waals surface area (Å²) in [5, 5.41) is 4.20. The molecular formula is C21H19ClF3N3O2. The Labute approximate surface area is 176 Å². The largest absolute Gasteiger partial charge is 0.497 e. The van der Waals surface area contributed by atoms with Crippen molar-refractivity contribution in [1.82, 2.24) is 14.7 Å². The van der Waals surface area contributed by atoms with Gasteiger partial charge in [-0.25, -0.2) is 4.68 Å². The van der Waals surface area contributed by atoms with Crippen molar-refractivity contribution in [1.29, 1.82) is 0 Å². The molecule has 0 saturated heterocycles. The van der Waals surface area contributed by atoms with Crippen LogP contribution in [0.3, 0.4) is 0 Å². The maximum absolute atomic E-state index is 13.8. The Morgan fingerprint density at radius 3 is 2.33 bits per heavy atom. The van der Waals surface area contributed by atoms with Crippen molar-refractivity contribution < 1.29 is 22.7 Å². The van der Waals surface area contributed by atoms with Crippen LogP contribution in [0, 0.1) is 0 Å². The number of carbonyl (C=O) groups is 1. The molecule has 9 heteroatoms. The standard InChI is InChI=1S/C21H19ClF3N3O2/c1-27(12-11-14-3-9-17(30-2)10-4-14)20(29)18-13-26-28(19(18)21(23,24)25)16-7-5-15(22)6-8-16/h3-10,13H,11-12H2,1-2H3. The summed E-state index contributed by atoms with van der Waals surface area (Å²) >= 11 is 5.81. The molecule has 3 rings (SSSR count). The van der Waals surface area contributed by atoms with Gasteiger partial charge in [-0.15, -0.1) is 0 Å². The smallest absolute Gasteiger partial charge is 0.434 e. The molecule has 1 aromatic heterocycles. The van der Waals surface area contributed by atoms with Gasteiger partial charge in [-0.1, -0.05) is 23.7 Å². The Balaban J connectivity index is 1.83. The second-order valence-corrected chi connectivity index (χ2v) is 7.05. The third-order valence-electron chi connectivity index (χ3n) is 4.58. The van der Waals surface area contributed by atoms with Gasteiger partial charge in [-0.05, 0) is 48.4 Å². The first-order valence-corrected chi connectivity index (χ1v) is 9.38. The van der Waals surface area contributed by atoms with E-state index in [2.05, 4.69) is 5.10 Å². The second kappa shape index (κ2) is 8.79. The topological polar surface area (TPSA) is 47.4 Å². The molecule has 30 heavy (non-hydrogen) atoms. The van der Waals surface area contributed by atoms with E-state index >= 15 is 0 Å². The number of alkyl halides is 3. The minimum atomic E-state index is -4.77. The molecule has 1 amide bonds. The van der Waals surface area contributed by atoms with E-state index in [0.29, 0.717) is 21.9 Å². The summed E-state index contributed by atoms with van der Waals surface area (Å²) in [7, 11) is 3.02. The van der Waals surface area contributed by atoms with E-state index in [1.165, 1.54) is 36.2 Å². The quantitative estimate of drug-likeness (QED) is 0.553. The first-order chi connectivity index (χ1) is 14.2. The van der Waals surface area contributed by atoms with Gasteiger partial charge < -0.3 is 9.64 Å². The van der Waals surface area contributed by atoms with Crippen molar-refractivity contribution in [3.8, 4) is 11.4 Å². The van der Waals surface area contributed by atoms with Gasteiger partial charge in [0.1, 0.15) is 5.75 Å². The molecule has 0 radical (unpaired) electrons. The molecular weight excluding hydrogens is 419 g/mol. The summed E-state index contributed by atoms with van der Waals surface area (Å²) in [5.41, 5.74) is -0.532. The number of carbonyl (C=O) groups excluding carboxylic acids is 1. The fraction of sp³-hybridized carbons (Fsp3) is 0.238. The van der Waals surface area contributed by atoms with Gasteiger partial charge in [0.05, 0.1) is 24.6 Å². The van der Waals surface area contributed by atoms with Crippen molar-refractivity contribution in [3.63, 3.8) is 0 Å². The van der Waals surface area contributed by atoms with E-state index in [1.54, 1.807) is 19.2 Å². The Bertz CT molecular complexity index is 1020. The first kappa shape index (κ1) is 21.7. The fourth-order valence-corrected chi connectivity index (χ4v) is 3.08. The van der Waals surface area contributed by atoms with Crippen LogP contribution in [-0.2, 0) is 12.6 Å². The predicted octanol–water partition coefficient (Wildman–Crippen LogP) is 4.87. The highest BCUT2D eigenvalue weighted by molar-refractivity contribution is 6.30. The van der Waals surface area contributed by atoms with Crippen molar-refractivity contribution in [2.24, 2.45) is 0 Å². The van der Waals surface area contributed by atoms with E-state index in [-0.39, 0.29) is 12.2 Å². The maximum atomic E-state index is 13.8. The Hall–Kier alpha value is -3.00. The molecule has 0 bridgehead atoms. The summed E-state index contributed by atoms with van der Waals surface area (Å²) in [6.45, 7) is 0.245. The number of methoxy groups -OCH3 is 1. The molecule has 0 aliphatic heterocycles. The van der Waals surface area contributed by atoms with Gasteiger partial charge in [0.25, 0.3) is 5.91 Å². The highest BCUT2D eigenvalue weighted by atomic mass is 35.5. The fourth-order valence-electron chi connectivity index (χ4n) is 2.95. The number of nitrogens with zero attached hydrogens (tertiary/aromatic N) is 3. The summed E-state index contributed by atoms with van der Waals surface area (Å²) in [6.07, 6.45) is -3.33. The van der Waals surface area contributed by atoms with E-state index in [9.17, 15) is 18.0 Å². The van der Waals surface area contributed by atoms with E-state index in [1.807, 2.05) is 12.1 Å². The average Bonchev–Trinajstić information content (AvgIpc) is 3.18. The molecule has 1 heterocycles. The monoisotopic (exact) mass is 437 g/mol. The number of hydrogen-bond acceptors (Lipinski definition) is 3. The van der Waals surface area contributed by atoms with Crippen LogP contribution in [0.1, 0.15) is 21.6 Å². The van der Waals surface area contributed by atoms with E-state index < -0.39 is 23.3 Å². The zero-order valence-corrected chi connectivity index (χ0v) is 17.0. The lowest BCUT2D eigenvalue weighted by molar-refractivity contribution is -0.143. The Morgan fingerprint density at radius 1 is 1.13 bits per heavy atom. The SMILES string of the molecule is COc1ccc(CCN(C)C(=O)c2cnn(-c3ccc(Cl)cc3)c2C(F)(F)F)cc1. The number of likely N-dealkylation sites (N-methyl/N-ethyl adjacent to an activating group) is 1. The van der Waals surface area contributed by atoms with Crippen molar-refractivity contribution in [3.05, 3.63) is 76.6 Å². The lowest BCUT2D eigenvalue weighted by atomic mass is 10.1. The second-order valence-electron chi connectivity index (χ2n) is 6.62. The van der Waals surface area contributed by atoms with Crippen LogP contribution in [0.5, 0.6) is 5.75 Å². The molecule has 0 saturated carbocycles. The normalized spacial score (nSPS) is 11.4. The zero-order chi connectivity index (χ0) is 21.9. The Kier molecular flexibility index (Phi) is 6.36. The van der Waals surface area contributed by atoms with E-state index in [4.69, 9.17) is 16.3 Å². The van der Waals surface area contributed by atoms with Crippen LogP contribution in [0.25, 0.3) is 5.69 Å². The third kappa shape index (κ3) is 4.76. The molecule has 0 spiro atoms. The molecule has 158 valence electrons. The molecule has 0 atom stereocenters. The lowest BCUT2D eigenvalue weighted by Crippen LogP contribution is -2.30. The average molecular weight is 438 g/mol. The molecule has 0 N–H and O–H groups in total. The Morgan fingerprint density at radius 2 is 1.77 bits per heavy atom. The third-order valence-corrected chi connectivity index (χ3v) is 4.83. The lowest BCUT2D eigenvalue weighted by Gasteiger charge is -2.19. The van der Waals surface area contributed by atoms with E-state index in [0.717, 1.165) is 11.8 Å². The van der Waals surface area contributed by atoms with Gasteiger partial charge in [0.2, 0.25) is 0 Å². The summed E-state index contributed by atoms with van der Waals surface area (Å²) in [6, 6.07) is 13.0. The van der Waals surface area contributed by atoms with Gasteiger partial charge in [-0.3, -0.25) is 4.79 Å². The number of ether oxygens (including phenoxy) is 1. The maximum Gasteiger partial charge on any atom is 0.434 e. The van der Waals surface area contributed by atoms with Crippen LogP contribution in [-0.4, -0.2) is 41.3 Å². The van der Waals surface area contributed by atoms with Crippen molar-refractivity contribution in [2.45, 2.75) is 12.6 Å². The minimum Gasteiger partial charge on any atom is -0.497 e. The van der Waals surface area contributed by atoms with Crippen LogP contribution < -0.4 is 4.74 Å². The van der Waals surface area contributed by atoms with Gasteiger partial charge in [0, 0.05) is 18.6 Å². The molecule has 2 aromatic carbocycles. The number of halogens is 4. The molecule has 0 unspecified atom stereocenters. The predicted molar refractivity (Wildman–Crippen MR) is 107 cm³/mol. The molecule has 0 aliphatic carbocycles. The van der Waals surface area contributed by atoms with Gasteiger partial charge >= 0.3 is 6.18 Å². The van der Waals surface area contributed by atoms with Gasteiger partial charge in [0.15, 0.2) is 5.69 Å². The summed E-state index contributed by atoms with van der Waals surface area (Å²) in [5.74, 6) is -0.0522. The van der Waals surface area contributed by atoms with Crippen LogP contribution in [0.2, 0.25) is 5.02 Å². The minimum absolute atomic E-state index is 0.159.